The fourth-order valence-corrected chi connectivity index (χ4v) is 2.09. The minimum absolute atomic E-state index is 0.640. The second kappa shape index (κ2) is 5.86. The standard InChI is InChI=1S/C14H11IO3/c1-17-11-3-5-12(6-4-11)18-14-7-2-10(9-16)8-13(14)15/h2-9H,1H3. The molecule has 0 aliphatic carbocycles. The van der Waals surface area contributed by atoms with Crippen LogP contribution >= 0.6 is 22.6 Å². The Morgan fingerprint density at radius 3 is 2.28 bits per heavy atom. The summed E-state index contributed by atoms with van der Waals surface area (Å²) in [5.41, 5.74) is 0.640. The van der Waals surface area contributed by atoms with E-state index in [0.717, 1.165) is 27.1 Å². The largest absolute Gasteiger partial charge is 0.497 e. The summed E-state index contributed by atoms with van der Waals surface area (Å²) >= 11 is 2.14. The van der Waals surface area contributed by atoms with E-state index >= 15 is 0 Å². The summed E-state index contributed by atoms with van der Waals surface area (Å²) in [6, 6.07) is 12.6. The predicted molar refractivity (Wildman–Crippen MR) is 77.6 cm³/mol. The molecular formula is C14H11IO3. The zero-order chi connectivity index (χ0) is 13.0. The predicted octanol–water partition coefficient (Wildman–Crippen LogP) is 3.90. The first-order valence-electron chi connectivity index (χ1n) is 5.29. The van der Waals surface area contributed by atoms with Crippen molar-refractivity contribution in [3.05, 3.63) is 51.6 Å². The van der Waals surface area contributed by atoms with Crippen molar-refractivity contribution >= 4 is 28.9 Å². The van der Waals surface area contributed by atoms with Crippen LogP contribution in [0.3, 0.4) is 0 Å². The molecule has 0 heterocycles. The van der Waals surface area contributed by atoms with Crippen LogP contribution in [0.15, 0.2) is 42.5 Å². The number of aldehydes is 1. The lowest BCUT2D eigenvalue weighted by Crippen LogP contribution is -1.90. The molecule has 0 radical (unpaired) electrons. The minimum atomic E-state index is 0.640. The molecule has 0 N–H and O–H groups in total. The molecule has 2 aromatic rings. The summed E-state index contributed by atoms with van der Waals surface area (Å²) in [7, 11) is 1.62. The van der Waals surface area contributed by atoms with E-state index in [0.29, 0.717) is 5.56 Å². The summed E-state index contributed by atoms with van der Waals surface area (Å²) in [5, 5.41) is 0. The van der Waals surface area contributed by atoms with Crippen molar-refractivity contribution < 1.29 is 14.3 Å². The SMILES string of the molecule is COc1ccc(Oc2ccc(C=O)cc2I)cc1. The van der Waals surface area contributed by atoms with Gasteiger partial charge in [0, 0.05) is 5.56 Å². The Balaban J connectivity index is 2.19. The summed E-state index contributed by atoms with van der Waals surface area (Å²) < 4.78 is 11.7. The van der Waals surface area contributed by atoms with Gasteiger partial charge in [0.05, 0.1) is 10.7 Å². The van der Waals surface area contributed by atoms with E-state index in [9.17, 15) is 4.79 Å². The first kappa shape index (κ1) is 12.9. The third-order valence-corrected chi connectivity index (χ3v) is 3.22. The Hall–Kier alpha value is -1.56. The number of methoxy groups -OCH3 is 1. The monoisotopic (exact) mass is 354 g/mol. The van der Waals surface area contributed by atoms with Crippen LogP contribution < -0.4 is 9.47 Å². The average molecular weight is 354 g/mol. The molecule has 0 aromatic heterocycles. The molecule has 4 heteroatoms. The highest BCUT2D eigenvalue weighted by molar-refractivity contribution is 14.1. The summed E-state index contributed by atoms with van der Waals surface area (Å²) in [6.45, 7) is 0. The molecule has 0 spiro atoms. The number of halogens is 1. The van der Waals surface area contributed by atoms with Crippen molar-refractivity contribution in [1.29, 1.82) is 0 Å². The van der Waals surface area contributed by atoms with E-state index < -0.39 is 0 Å². The Bertz CT molecular complexity index is 549. The number of benzene rings is 2. The van der Waals surface area contributed by atoms with Gasteiger partial charge in [0.1, 0.15) is 23.5 Å². The highest BCUT2D eigenvalue weighted by Crippen LogP contribution is 2.28. The van der Waals surface area contributed by atoms with E-state index in [1.807, 2.05) is 24.3 Å². The van der Waals surface area contributed by atoms with Crippen molar-refractivity contribution in [2.45, 2.75) is 0 Å². The van der Waals surface area contributed by atoms with Crippen molar-refractivity contribution in [2.75, 3.05) is 7.11 Å². The Kier molecular flexibility index (Phi) is 4.19. The lowest BCUT2D eigenvalue weighted by Gasteiger charge is -2.08. The molecule has 0 bridgehead atoms. The van der Waals surface area contributed by atoms with Gasteiger partial charge in [-0.1, -0.05) is 0 Å². The summed E-state index contributed by atoms with van der Waals surface area (Å²) in [5.74, 6) is 2.24. The normalized spacial score (nSPS) is 9.89. The fraction of sp³-hybridized carbons (Fsp3) is 0.0714. The van der Waals surface area contributed by atoms with Crippen LogP contribution in [0.1, 0.15) is 10.4 Å². The Labute approximate surface area is 119 Å². The average Bonchev–Trinajstić information content (AvgIpc) is 2.42. The topological polar surface area (TPSA) is 35.5 Å². The van der Waals surface area contributed by atoms with Crippen LogP contribution in [0.5, 0.6) is 17.2 Å². The van der Waals surface area contributed by atoms with Gasteiger partial charge in [-0.15, -0.1) is 0 Å². The first-order chi connectivity index (χ1) is 8.72. The maximum atomic E-state index is 10.6. The second-order valence-electron chi connectivity index (χ2n) is 3.59. The molecular weight excluding hydrogens is 343 g/mol. The summed E-state index contributed by atoms with van der Waals surface area (Å²) in [6.07, 6.45) is 0.819. The van der Waals surface area contributed by atoms with Gasteiger partial charge in [0.25, 0.3) is 0 Å². The highest BCUT2D eigenvalue weighted by Gasteiger charge is 2.04. The third kappa shape index (κ3) is 3.01. The fourth-order valence-electron chi connectivity index (χ4n) is 1.44. The van der Waals surface area contributed by atoms with Crippen molar-refractivity contribution in [3.63, 3.8) is 0 Å². The summed E-state index contributed by atoms with van der Waals surface area (Å²) in [4.78, 5) is 10.6. The lowest BCUT2D eigenvalue weighted by atomic mass is 10.2. The van der Waals surface area contributed by atoms with Gasteiger partial charge < -0.3 is 9.47 Å². The van der Waals surface area contributed by atoms with Crippen molar-refractivity contribution in [1.82, 2.24) is 0 Å². The number of hydrogen-bond acceptors (Lipinski definition) is 3. The van der Waals surface area contributed by atoms with Crippen LogP contribution in [-0.4, -0.2) is 13.4 Å². The van der Waals surface area contributed by atoms with Crippen LogP contribution in [0.25, 0.3) is 0 Å². The van der Waals surface area contributed by atoms with E-state index in [-0.39, 0.29) is 0 Å². The molecule has 0 saturated carbocycles. The van der Waals surface area contributed by atoms with Crippen LogP contribution in [0.2, 0.25) is 0 Å². The molecule has 0 unspecified atom stereocenters. The molecule has 0 atom stereocenters. The zero-order valence-corrected chi connectivity index (χ0v) is 11.9. The van der Waals surface area contributed by atoms with Crippen LogP contribution in [0.4, 0.5) is 0 Å². The number of ether oxygens (including phenoxy) is 2. The molecule has 0 aliphatic heterocycles. The molecule has 0 saturated heterocycles. The molecule has 92 valence electrons. The lowest BCUT2D eigenvalue weighted by molar-refractivity contribution is 0.112. The van der Waals surface area contributed by atoms with E-state index in [1.165, 1.54) is 0 Å². The number of carbonyl (C=O) groups is 1. The molecule has 3 nitrogen and oxygen atoms in total. The number of carbonyl (C=O) groups excluding carboxylic acids is 1. The van der Waals surface area contributed by atoms with Crippen LogP contribution in [-0.2, 0) is 0 Å². The molecule has 0 amide bonds. The Morgan fingerprint density at radius 2 is 1.72 bits per heavy atom. The van der Waals surface area contributed by atoms with E-state index in [2.05, 4.69) is 22.6 Å². The van der Waals surface area contributed by atoms with Gasteiger partial charge in [0.2, 0.25) is 0 Å². The number of hydrogen-bond donors (Lipinski definition) is 0. The van der Waals surface area contributed by atoms with Gasteiger partial charge in [0.15, 0.2) is 0 Å². The number of rotatable bonds is 4. The van der Waals surface area contributed by atoms with Gasteiger partial charge in [-0.2, -0.15) is 0 Å². The van der Waals surface area contributed by atoms with Crippen molar-refractivity contribution in [2.24, 2.45) is 0 Å². The van der Waals surface area contributed by atoms with Crippen LogP contribution in [0, 0.1) is 3.57 Å². The maximum absolute atomic E-state index is 10.6. The highest BCUT2D eigenvalue weighted by atomic mass is 127. The smallest absolute Gasteiger partial charge is 0.150 e. The third-order valence-electron chi connectivity index (χ3n) is 2.38. The molecule has 0 fully saturated rings. The Morgan fingerprint density at radius 1 is 1.06 bits per heavy atom. The van der Waals surface area contributed by atoms with E-state index in [1.54, 1.807) is 25.3 Å². The van der Waals surface area contributed by atoms with Gasteiger partial charge in [-0.3, -0.25) is 4.79 Å². The van der Waals surface area contributed by atoms with Gasteiger partial charge in [-0.05, 0) is 65.1 Å². The van der Waals surface area contributed by atoms with E-state index in [4.69, 9.17) is 9.47 Å². The molecule has 0 aliphatic rings. The maximum Gasteiger partial charge on any atom is 0.150 e. The van der Waals surface area contributed by atoms with Gasteiger partial charge >= 0.3 is 0 Å². The van der Waals surface area contributed by atoms with Crippen molar-refractivity contribution in [3.8, 4) is 17.2 Å². The van der Waals surface area contributed by atoms with Gasteiger partial charge in [-0.25, -0.2) is 0 Å². The molecule has 2 rings (SSSR count). The minimum Gasteiger partial charge on any atom is -0.497 e. The molecule has 18 heavy (non-hydrogen) atoms. The first-order valence-corrected chi connectivity index (χ1v) is 6.37. The second-order valence-corrected chi connectivity index (χ2v) is 4.75. The quantitative estimate of drug-likeness (QED) is 0.617. The zero-order valence-electron chi connectivity index (χ0n) is 9.72. The molecule has 2 aromatic carbocycles.